The Bertz CT molecular complexity index is 622. The fourth-order valence-corrected chi connectivity index (χ4v) is 2.79. The van der Waals surface area contributed by atoms with Crippen LogP contribution in [-0.2, 0) is 4.74 Å². The number of nitro groups is 1. The second-order valence-corrected chi connectivity index (χ2v) is 5.17. The van der Waals surface area contributed by atoms with Crippen LogP contribution < -0.4 is 0 Å². The van der Waals surface area contributed by atoms with Crippen LogP contribution in [0, 0.1) is 10.1 Å². The molecular weight excluding hydrogens is 276 g/mol. The van der Waals surface area contributed by atoms with Crippen molar-refractivity contribution in [3.05, 3.63) is 39.4 Å². The number of fused-ring (bicyclic) bond motifs is 1. The molecule has 110 valence electrons. The fraction of sp³-hybridized carbons (Fsp3) is 0.429. The third-order valence-corrected chi connectivity index (χ3v) is 3.83. The summed E-state index contributed by atoms with van der Waals surface area (Å²) in [6, 6.07) is 4.11. The molecule has 2 amide bonds. The van der Waals surface area contributed by atoms with E-state index in [1.807, 2.05) is 0 Å². The second-order valence-electron chi connectivity index (χ2n) is 5.17. The first-order chi connectivity index (χ1) is 10.1. The third kappa shape index (κ3) is 2.29. The molecule has 7 heteroatoms. The van der Waals surface area contributed by atoms with Gasteiger partial charge in [-0.05, 0) is 25.3 Å². The van der Waals surface area contributed by atoms with E-state index in [1.165, 1.54) is 18.2 Å². The molecule has 0 bridgehead atoms. The van der Waals surface area contributed by atoms with Gasteiger partial charge in [-0.2, -0.15) is 0 Å². The summed E-state index contributed by atoms with van der Waals surface area (Å²) in [6.07, 6.45) is 2.58. The summed E-state index contributed by atoms with van der Waals surface area (Å²) in [4.78, 5) is 36.1. The Kier molecular flexibility index (Phi) is 3.42. The van der Waals surface area contributed by atoms with E-state index in [9.17, 15) is 19.7 Å². The van der Waals surface area contributed by atoms with Crippen molar-refractivity contribution in [1.82, 2.24) is 4.90 Å². The van der Waals surface area contributed by atoms with Crippen molar-refractivity contribution < 1.29 is 19.2 Å². The molecule has 1 unspecified atom stereocenters. The average molecular weight is 290 g/mol. The number of carbonyl (C=O) groups is 2. The van der Waals surface area contributed by atoms with Crippen molar-refractivity contribution in [1.29, 1.82) is 0 Å². The normalized spacial score (nSPS) is 21.5. The fourth-order valence-electron chi connectivity index (χ4n) is 2.79. The van der Waals surface area contributed by atoms with E-state index in [0.717, 1.165) is 24.2 Å². The molecule has 0 spiro atoms. The lowest BCUT2D eigenvalue weighted by Gasteiger charge is -2.26. The number of carbonyl (C=O) groups excluding carboxylic acids is 2. The van der Waals surface area contributed by atoms with Gasteiger partial charge in [-0.25, -0.2) is 0 Å². The van der Waals surface area contributed by atoms with Crippen LogP contribution in [0.2, 0.25) is 0 Å². The molecule has 1 saturated heterocycles. The van der Waals surface area contributed by atoms with E-state index in [4.69, 9.17) is 4.74 Å². The summed E-state index contributed by atoms with van der Waals surface area (Å²) < 4.78 is 5.53. The Balaban J connectivity index is 1.89. The lowest BCUT2D eigenvalue weighted by atomic mass is 10.1. The minimum atomic E-state index is -0.634. The highest BCUT2D eigenvalue weighted by Crippen LogP contribution is 2.31. The first-order valence-corrected chi connectivity index (χ1v) is 6.85. The highest BCUT2D eigenvalue weighted by atomic mass is 16.6. The van der Waals surface area contributed by atoms with Crippen molar-refractivity contribution in [3.63, 3.8) is 0 Å². The molecule has 1 aromatic rings. The van der Waals surface area contributed by atoms with E-state index in [1.54, 1.807) is 0 Å². The minimum absolute atomic E-state index is 0.102. The molecule has 0 N–H and O–H groups in total. The molecule has 0 radical (unpaired) electrons. The van der Waals surface area contributed by atoms with Gasteiger partial charge in [0.25, 0.3) is 17.5 Å². The average Bonchev–Trinajstić information content (AvgIpc) is 2.73. The molecule has 2 heterocycles. The third-order valence-electron chi connectivity index (χ3n) is 3.83. The van der Waals surface area contributed by atoms with Crippen LogP contribution in [0.5, 0.6) is 0 Å². The summed E-state index contributed by atoms with van der Waals surface area (Å²) in [5.74, 6) is -1.08. The molecule has 2 aliphatic heterocycles. The number of hydrogen-bond donors (Lipinski definition) is 0. The zero-order valence-electron chi connectivity index (χ0n) is 11.3. The van der Waals surface area contributed by atoms with E-state index in [2.05, 4.69) is 0 Å². The Labute approximate surface area is 120 Å². The predicted octanol–water partition coefficient (Wildman–Crippen LogP) is 1.76. The Morgan fingerprint density at radius 3 is 2.76 bits per heavy atom. The van der Waals surface area contributed by atoms with E-state index >= 15 is 0 Å². The quantitative estimate of drug-likeness (QED) is 0.480. The number of rotatable bonds is 3. The maximum absolute atomic E-state index is 12.4. The number of hydrogen-bond acceptors (Lipinski definition) is 5. The van der Waals surface area contributed by atoms with Crippen LogP contribution in [0.25, 0.3) is 0 Å². The van der Waals surface area contributed by atoms with Crippen LogP contribution in [0.1, 0.15) is 40.0 Å². The van der Waals surface area contributed by atoms with Gasteiger partial charge in [0.15, 0.2) is 0 Å². The Morgan fingerprint density at radius 1 is 1.29 bits per heavy atom. The molecular formula is C14H14N2O5. The molecule has 1 fully saturated rings. The summed E-state index contributed by atoms with van der Waals surface area (Å²) in [6.45, 7) is 0.775. The molecule has 0 aromatic heterocycles. The number of imide groups is 1. The molecule has 0 aliphatic carbocycles. The lowest BCUT2D eigenvalue weighted by Crippen LogP contribution is -2.39. The first kappa shape index (κ1) is 13.7. The van der Waals surface area contributed by atoms with E-state index in [-0.39, 0.29) is 29.5 Å². The lowest BCUT2D eigenvalue weighted by molar-refractivity contribution is -0.385. The van der Waals surface area contributed by atoms with Gasteiger partial charge >= 0.3 is 0 Å². The zero-order chi connectivity index (χ0) is 15.0. The molecule has 3 rings (SSSR count). The van der Waals surface area contributed by atoms with Gasteiger partial charge in [-0.3, -0.25) is 24.6 Å². The number of nitrogens with zero attached hydrogens (tertiary/aromatic N) is 2. The Hall–Kier alpha value is -2.28. The van der Waals surface area contributed by atoms with Gasteiger partial charge in [-0.1, -0.05) is 6.07 Å². The van der Waals surface area contributed by atoms with Crippen molar-refractivity contribution >= 4 is 17.5 Å². The highest BCUT2D eigenvalue weighted by molar-refractivity contribution is 6.23. The summed E-state index contributed by atoms with van der Waals surface area (Å²) in [7, 11) is 0. The van der Waals surface area contributed by atoms with Gasteiger partial charge < -0.3 is 4.74 Å². The number of ether oxygens (including phenoxy) is 1. The molecule has 1 atom stereocenters. The molecule has 1 aromatic carbocycles. The molecule has 21 heavy (non-hydrogen) atoms. The summed E-state index contributed by atoms with van der Waals surface area (Å²) in [5.41, 5.74) is -0.328. The molecule has 7 nitrogen and oxygen atoms in total. The van der Waals surface area contributed by atoms with Gasteiger partial charge in [0, 0.05) is 12.7 Å². The maximum Gasteiger partial charge on any atom is 0.282 e. The SMILES string of the molecule is O=C1c2cccc([N+](=O)[O-])c2C(=O)N1CC1CCCCO1. The molecule has 0 saturated carbocycles. The highest BCUT2D eigenvalue weighted by Gasteiger charge is 2.41. The van der Waals surface area contributed by atoms with Gasteiger partial charge in [-0.15, -0.1) is 0 Å². The monoisotopic (exact) mass is 290 g/mol. The summed E-state index contributed by atoms with van der Waals surface area (Å²) >= 11 is 0. The van der Waals surface area contributed by atoms with Crippen LogP contribution in [0.4, 0.5) is 5.69 Å². The minimum Gasteiger partial charge on any atom is -0.376 e. The van der Waals surface area contributed by atoms with Crippen molar-refractivity contribution in [2.75, 3.05) is 13.2 Å². The topological polar surface area (TPSA) is 89.8 Å². The van der Waals surface area contributed by atoms with Crippen molar-refractivity contribution in [2.45, 2.75) is 25.4 Å². The first-order valence-electron chi connectivity index (χ1n) is 6.85. The van der Waals surface area contributed by atoms with Crippen molar-refractivity contribution in [3.8, 4) is 0 Å². The number of amides is 2. The van der Waals surface area contributed by atoms with Crippen LogP contribution >= 0.6 is 0 Å². The number of nitro benzene ring substituents is 1. The Morgan fingerprint density at radius 2 is 2.10 bits per heavy atom. The van der Waals surface area contributed by atoms with Crippen LogP contribution in [-0.4, -0.2) is 40.9 Å². The van der Waals surface area contributed by atoms with Crippen LogP contribution in [0.15, 0.2) is 18.2 Å². The predicted molar refractivity (Wildman–Crippen MR) is 72.1 cm³/mol. The van der Waals surface area contributed by atoms with Gasteiger partial charge in [0.1, 0.15) is 5.56 Å². The zero-order valence-corrected chi connectivity index (χ0v) is 11.3. The van der Waals surface area contributed by atoms with Gasteiger partial charge in [0.2, 0.25) is 0 Å². The molecule has 2 aliphatic rings. The number of benzene rings is 1. The largest absolute Gasteiger partial charge is 0.376 e. The maximum atomic E-state index is 12.4. The van der Waals surface area contributed by atoms with Gasteiger partial charge in [0.05, 0.1) is 23.1 Å². The second kappa shape index (κ2) is 5.25. The van der Waals surface area contributed by atoms with Crippen LogP contribution in [0.3, 0.4) is 0 Å². The van der Waals surface area contributed by atoms with Crippen molar-refractivity contribution in [2.24, 2.45) is 0 Å². The van der Waals surface area contributed by atoms with E-state index < -0.39 is 16.7 Å². The smallest absolute Gasteiger partial charge is 0.282 e. The van der Waals surface area contributed by atoms with E-state index in [0.29, 0.717) is 6.61 Å². The standard InChI is InChI=1S/C14H14N2O5/c17-13-10-5-3-6-11(16(19)20)12(10)14(18)15(13)8-9-4-1-2-7-21-9/h3,5-6,9H,1-2,4,7-8H2. The summed E-state index contributed by atoms with van der Waals surface area (Å²) in [5, 5.41) is 11.0.